The third-order valence-electron chi connectivity index (χ3n) is 5.33. The van der Waals surface area contributed by atoms with E-state index in [2.05, 4.69) is 63.4 Å². The van der Waals surface area contributed by atoms with Crippen molar-refractivity contribution in [2.75, 3.05) is 40.4 Å². The van der Waals surface area contributed by atoms with Crippen molar-refractivity contribution in [2.45, 2.75) is 32.2 Å². The minimum atomic E-state index is 0.798. The van der Waals surface area contributed by atoms with Gasteiger partial charge in [0.1, 0.15) is 0 Å². The molecule has 2 aromatic rings. The quantitative estimate of drug-likeness (QED) is 0.470. The van der Waals surface area contributed by atoms with Gasteiger partial charge in [0.25, 0.3) is 0 Å². The van der Waals surface area contributed by atoms with Crippen molar-refractivity contribution < 1.29 is 4.74 Å². The predicted molar refractivity (Wildman–Crippen MR) is 109 cm³/mol. The molecule has 0 atom stereocenters. The molecule has 0 aliphatic carbocycles. The van der Waals surface area contributed by atoms with Gasteiger partial charge >= 0.3 is 0 Å². The fourth-order valence-corrected chi connectivity index (χ4v) is 3.69. The molecule has 1 N–H and O–H groups in total. The van der Waals surface area contributed by atoms with Gasteiger partial charge in [0, 0.05) is 58.7 Å². The standard InChI is InChI=1S/C21H32N4O/c1-22-21(24(2)14-8-18-10-16-26-17-11-18)23-12-5-13-25-15-9-19-6-3-4-7-20(19)25/h3-4,6-7,9,15,18H,5,8,10-14,16-17H2,1-2H3,(H,22,23). The fourth-order valence-electron chi connectivity index (χ4n) is 3.69. The number of hydrogen-bond donors (Lipinski definition) is 1. The summed E-state index contributed by atoms with van der Waals surface area (Å²) in [5.74, 6) is 1.79. The molecule has 1 aromatic heterocycles. The van der Waals surface area contributed by atoms with Crippen molar-refractivity contribution in [1.29, 1.82) is 0 Å². The second-order valence-electron chi connectivity index (χ2n) is 7.16. The van der Waals surface area contributed by atoms with Gasteiger partial charge in [0.2, 0.25) is 0 Å². The lowest BCUT2D eigenvalue weighted by Gasteiger charge is -2.26. The monoisotopic (exact) mass is 356 g/mol. The Morgan fingerprint density at radius 1 is 1.27 bits per heavy atom. The average molecular weight is 357 g/mol. The Morgan fingerprint density at radius 3 is 2.88 bits per heavy atom. The van der Waals surface area contributed by atoms with Gasteiger partial charge in [-0.3, -0.25) is 4.99 Å². The van der Waals surface area contributed by atoms with Crippen molar-refractivity contribution in [2.24, 2.45) is 10.9 Å². The first-order chi connectivity index (χ1) is 12.8. The number of ether oxygens (including phenoxy) is 1. The molecule has 26 heavy (non-hydrogen) atoms. The molecule has 3 rings (SSSR count). The van der Waals surface area contributed by atoms with Crippen LogP contribution in [0.2, 0.25) is 0 Å². The summed E-state index contributed by atoms with van der Waals surface area (Å²) in [6.07, 6.45) is 6.87. The Morgan fingerprint density at radius 2 is 2.08 bits per heavy atom. The molecular formula is C21H32N4O. The van der Waals surface area contributed by atoms with Crippen LogP contribution in [0.4, 0.5) is 0 Å². The summed E-state index contributed by atoms with van der Waals surface area (Å²) in [5, 5.41) is 4.81. The number of benzene rings is 1. The molecule has 1 aromatic carbocycles. The Bertz CT molecular complexity index is 703. The van der Waals surface area contributed by atoms with E-state index in [1.807, 2.05) is 7.05 Å². The van der Waals surface area contributed by atoms with Crippen LogP contribution < -0.4 is 5.32 Å². The average Bonchev–Trinajstić information content (AvgIpc) is 3.10. The van der Waals surface area contributed by atoms with Crippen molar-refractivity contribution >= 4 is 16.9 Å². The lowest BCUT2D eigenvalue weighted by Crippen LogP contribution is -2.40. The van der Waals surface area contributed by atoms with E-state index in [1.165, 1.54) is 30.2 Å². The summed E-state index contributed by atoms with van der Waals surface area (Å²) >= 11 is 0. The van der Waals surface area contributed by atoms with Crippen molar-refractivity contribution in [1.82, 2.24) is 14.8 Å². The van der Waals surface area contributed by atoms with Gasteiger partial charge in [0.15, 0.2) is 5.96 Å². The van der Waals surface area contributed by atoms with Gasteiger partial charge in [-0.2, -0.15) is 0 Å². The number of fused-ring (bicyclic) bond motifs is 1. The van der Waals surface area contributed by atoms with E-state index >= 15 is 0 Å². The minimum absolute atomic E-state index is 0.798. The van der Waals surface area contributed by atoms with Crippen molar-refractivity contribution in [3.8, 4) is 0 Å². The molecule has 142 valence electrons. The lowest BCUT2D eigenvalue weighted by atomic mass is 9.96. The number of hydrogen-bond acceptors (Lipinski definition) is 2. The van der Waals surface area contributed by atoms with Crippen LogP contribution in [0.5, 0.6) is 0 Å². The zero-order valence-corrected chi connectivity index (χ0v) is 16.2. The number of para-hydroxylation sites is 1. The number of aliphatic imine (C=N–C) groups is 1. The highest BCUT2D eigenvalue weighted by Crippen LogP contribution is 2.18. The molecular weight excluding hydrogens is 324 g/mol. The van der Waals surface area contributed by atoms with E-state index in [4.69, 9.17) is 4.74 Å². The van der Waals surface area contributed by atoms with Crippen LogP contribution in [0.25, 0.3) is 10.9 Å². The molecule has 1 aliphatic heterocycles. The summed E-state index contributed by atoms with van der Waals surface area (Å²) in [6, 6.07) is 10.7. The first-order valence-electron chi connectivity index (χ1n) is 9.81. The Hall–Kier alpha value is -2.01. The molecule has 2 heterocycles. The van der Waals surface area contributed by atoms with E-state index in [1.54, 1.807) is 0 Å². The van der Waals surface area contributed by atoms with Gasteiger partial charge < -0.3 is 19.5 Å². The molecule has 0 amide bonds. The largest absolute Gasteiger partial charge is 0.381 e. The number of nitrogens with one attached hydrogen (secondary N) is 1. The molecule has 0 bridgehead atoms. The first-order valence-corrected chi connectivity index (χ1v) is 9.81. The SMILES string of the molecule is CN=C(NCCCn1ccc2ccccc21)N(C)CCC1CCOCC1. The van der Waals surface area contributed by atoms with E-state index in [0.717, 1.165) is 51.1 Å². The minimum Gasteiger partial charge on any atom is -0.381 e. The van der Waals surface area contributed by atoms with Crippen LogP contribution in [-0.2, 0) is 11.3 Å². The summed E-state index contributed by atoms with van der Waals surface area (Å²) in [5.41, 5.74) is 1.31. The molecule has 5 nitrogen and oxygen atoms in total. The van der Waals surface area contributed by atoms with Crippen molar-refractivity contribution in [3.05, 3.63) is 36.5 Å². The Balaban J connectivity index is 1.39. The maximum Gasteiger partial charge on any atom is 0.193 e. The highest BCUT2D eigenvalue weighted by Gasteiger charge is 2.15. The summed E-state index contributed by atoms with van der Waals surface area (Å²) in [7, 11) is 4.00. The highest BCUT2D eigenvalue weighted by atomic mass is 16.5. The second kappa shape index (κ2) is 9.62. The van der Waals surface area contributed by atoms with E-state index < -0.39 is 0 Å². The Labute approximate surface area is 157 Å². The van der Waals surface area contributed by atoms with Crippen LogP contribution in [0.1, 0.15) is 25.7 Å². The number of rotatable bonds is 7. The molecule has 5 heteroatoms. The zero-order valence-electron chi connectivity index (χ0n) is 16.2. The van der Waals surface area contributed by atoms with Crippen LogP contribution in [0.3, 0.4) is 0 Å². The third-order valence-corrected chi connectivity index (χ3v) is 5.33. The number of aromatic nitrogens is 1. The maximum atomic E-state index is 5.45. The highest BCUT2D eigenvalue weighted by molar-refractivity contribution is 5.80. The summed E-state index contributed by atoms with van der Waals surface area (Å²) in [4.78, 5) is 6.69. The topological polar surface area (TPSA) is 41.8 Å². The van der Waals surface area contributed by atoms with Crippen LogP contribution in [0, 0.1) is 5.92 Å². The third kappa shape index (κ3) is 5.01. The molecule has 0 unspecified atom stereocenters. The summed E-state index contributed by atoms with van der Waals surface area (Å²) in [6.45, 7) is 4.85. The van der Waals surface area contributed by atoms with Crippen molar-refractivity contribution in [3.63, 3.8) is 0 Å². The van der Waals surface area contributed by atoms with Gasteiger partial charge in [-0.1, -0.05) is 18.2 Å². The van der Waals surface area contributed by atoms with E-state index in [-0.39, 0.29) is 0 Å². The number of nitrogens with zero attached hydrogens (tertiary/aromatic N) is 3. The fraction of sp³-hybridized carbons (Fsp3) is 0.571. The molecule has 1 fully saturated rings. The van der Waals surface area contributed by atoms with Gasteiger partial charge in [-0.15, -0.1) is 0 Å². The smallest absolute Gasteiger partial charge is 0.193 e. The molecule has 1 aliphatic rings. The molecule has 0 saturated carbocycles. The molecule has 1 saturated heterocycles. The molecule has 0 spiro atoms. The lowest BCUT2D eigenvalue weighted by molar-refractivity contribution is 0.0625. The first kappa shape index (κ1) is 18.8. The van der Waals surface area contributed by atoms with Crippen LogP contribution in [-0.4, -0.2) is 55.8 Å². The van der Waals surface area contributed by atoms with E-state index in [9.17, 15) is 0 Å². The predicted octanol–water partition coefficient (Wildman–Crippen LogP) is 3.36. The molecule has 0 radical (unpaired) electrons. The number of guanidine groups is 1. The van der Waals surface area contributed by atoms with Gasteiger partial charge in [0.05, 0.1) is 0 Å². The van der Waals surface area contributed by atoms with Gasteiger partial charge in [-0.25, -0.2) is 0 Å². The zero-order chi connectivity index (χ0) is 18.2. The second-order valence-corrected chi connectivity index (χ2v) is 7.16. The van der Waals surface area contributed by atoms with E-state index in [0.29, 0.717) is 0 Å². The number of aryl methyl sites for hydroxylation is 1. The van der Waals surface area contributed by atoms with Crippen LogP contribution >= 0.6 is 0 Å². The summed E-state index contributed by atoms with van der Waals surface area (Å²) < 4.78 is 7.77. The van der Waals surface area contributed by atoms with Gasteiger partial charge in [-0.05, 0) is 49.1 Å². The van der Waals surface area contributed by atoms with Crippen LogP contribution in [0.15, 0.2) is 41.5 Å². The maximum absolute atomic E-state index is 5.45. The Kier molecular flexibility index (Phi) is 6.95. The normalized spacial score (nSPS) is 16.2.